The first kappa shape index (κ1) is 6.19. The van der Waals surface area contributed by atoms with Gasteiger partial charge in [-0.25, -0.2) is 0 Å². The Morgan fingerprint density at radius 2 is 2.25 bits per heavy atom. The molecular weight excluding hydrogens is 126 g/mol. The maximum absolute atomic E-state index is 9.96. The van der Waals surface area contributed by atoms with E-state index in [0.29, 0.717) is 0 Å². The lowest BCUT2D eigenvalue weighted by atomic mass is 10.2. The predicted octanol–water partition coefficient (Wildman–Crippen LogP) is -0.471. The summed E-state index contributed by atoms with van der Waals surface area (Å²) in [7, 11) is 0. The minimum absolute atomic E-state index is 0.222. The van der Waals surface area contributed by atoms with Crippen LogP contribution in [0.2, 0.25) is 0 Å². The van der Waals surface area contributed by atoms with E-state index < -0.39 is 11.1 Å². The molecular formula is C4H8NO2S-. The second-order valence-electron chi connectivity index (χ2n) is 1.90. The monoisotopic (exact) mass is 134 g/mol. The minimum Gasteiger partial charge on any atom is -0.771 e. The average molecular weight is 134 g/mol. The van der Waals surface area contributed by atoms with Gasteiger partial charge in [-0.3, -0.25) is 9.11 Å². The minimum atomic E-state index is -1.87. The first-order valence-electron chi connectivity index (χ1n) is 2.57. The molecule has 0 bridgehead atoms. The summed E-state index contributed by atoms with van der Waals surface area (Å²) in [6.45, 7) is 1.90. The summed E-state index contributed by atoms with van der Waals surface area (Å²) in [6, 6.07) is 0. The lowest BCUT2D eigenvalue weighted by molar-refractivity contribution is 0.212. The Morgan fingerprint density at radius 1 is 1.62 bits per heavy atom. The molecule has 4 heteroatoms. The van der Waals surface area contributed by atoms with E-state index in [1.54, 1.807) is 0 Å². The summed E-state index contributed by atoms with van der Waals surface area (Å²) in [4.78, 5) is 1.89. The molecule has 0 aromatic rings. The van der Waals surface area contributed by atoms with Crippen molar-refractivity contribution in [1.29, 1.82) is 0 Å². The fourth-order valence-electron chi connectivity index (χ4n) is 0.660. The Bertz CT molecular complexity index is 102. The van der Waals surface area contributed by atoms with E-state index in [4.69, 9.17) is 0 Å². The molecule has 1 atom stereocenters. The van der Waals surface area contributed by atoms with Gasteiger partial charge in [-0.1, -0.05) is 0 Å². The van der Waals surface area contributed by atoms with Gasteiger partial charge < -0.3 is 4.55 Å². The lowest BCUT2D eigenvalue weighted by Gasteiger charge is -2.30. The molecule has 0 saturated carbocycles. The fraction of sp³-hybridized carbons (Fsp3) is 1.00. The average Bonchev–Trinajstić information content (AvgIpc) is 1.55. The van der Waals surface area contributed by atoms with Crippen molar-refractivity contribution in [2.24, 2.45) is 0 Å². The molecule has 1 fully saturated rings. The highest BCUT2D eigenvalue weighted by molar-refractivity contribution is 7.79. The highest BCUT2D eigenvalue weighted by atomic mass is 32.2. The Kier molecular flexibility index (Phi) is 1.99. The normalized spacial score (nSPS) is 24.6. The van der Waals surface area contributed by atoms with Gasteiger partial charge in [0.15, 0.2) is 0 Å². The van der Waals surface area contributed by atoms with Gasteiger partial charge in [0.05, 0.1) is 5.88 Å². The zero-order chi connectivity index (χ0) is 5.98. The maximum atomic E-state index is 9.96. The largest absolute Gasteiger partial charge is 0.771 e. The van der Waals surface area contributed by atoms with Crippen LogP contribution in [0, 0.1) is 0 Å². The van der Waals surface area contributed by atoms with Crippen molar-refractivity contribution in [1.82, 2.24) is 4.90 Å². The van der Waals surface area contributed by atoms with Gasteiger partial charge in [-0.05, 0) is 17.5 Å². The van der Waals surface area contributed by atoms with Crippen LogP contribution >= 0.6 is 0 Å². The van der Waals surface area contributed by atoms with Gasteiger partial charge in [0.2, 0.25) is 0 Å². The number of likely N-dealkylation sites (tertiary alicyclic amines) is 1. The van der Waals surface area contributed by atoms with Crippen LogP contribution in [0.4, 0.5) is 0 Å². The van der Waals surface area contributed by atoms with Crippen LogP contribution < -0.4 is 0 Å². The summed E-state index contributed by atoms with van der Waals surface area (Å²) in [5, 5.41) is 0. The summed E-state index contributed by atoms with van der Waals surface area (Å²) < 4.78 is 19.9. The molecule has 0 N–H and O–H groups in total. The lowest BCUT2D eigenvalue weighted by Crippen LogP contribution is -2.39. The summed E-state index contributed by atoms with van der Waals surface area (Å²) in [5.41, 5.74) is 0. The molecule has 1 heterocycles. The van der Waals surface area contributed by atoms with Gasteiger partial charge in [0, 0.05) is 13.1 Å². The highest BCUT2D eigenvalue weighted by Gasteiger charge is 2.11. The maximum Gasteiger partial charge on any atom is 0.0613 e. The Labute approximate surface area is 51.0 Å². The summed E-state index contributed by atoms with van der Waals surface area (Å²) in [6.07, 6.45) is 1.15. The highest BCUT2D eigenvalue weighted by Crippen LogP contribution is 2.04. The zero-order valence-electron chi connectivity index (χ0n) is 4.50. The molecule has 1 aliphatic heterocycles. The van der Waals surface area contributed by atoms with Crippen LogP contribution in [-0.2, 0) is 11.1 Å². The van der Waals surface area contributed by atoms with Crippen LogP contribution in [0.25, 0.3) is 0 Å². The predicted molar refractivity (Wildman–Crippen MR) is 30.0 cm³/mol. The first-order chi connectivity index (χ1) is 3.79. The van der Waals surface area contributed by atoms with E-state index in [0.717, 1.165) is 19.5 Å². The van der Waals surface area contributed by atoms with Gasteiger partial charge in [0.25, 0.3) is 0 Å². The van der Waals surface area contributed by atoms with Gasteiger partial charge in [-0.2, -0.15) is 0 Å². The number of nitrogens with zero attached hydrogens (tertiary/aromatic N) is 1. The Morgan fingerprint density at radius 3 is 2.38 bits per heavy atom. The fourth-order valence-corrected chi connectivity index (χ4v) is 1.22. The second kappa shape index (κ2) is 2.57. The third-order valence-electron chi connectivity index (χ3n) is 1.24. The standard InChI is InChI=1S/C4H9NO2S/c6-8(7)4-5-2-1-3-5/h1-4H2,(H,6,7)/p-1. The van der Waals surface area contributed by atoms with Crippen LogP contribution in [-0.4, -0.2) is 32.6 Å². The van der Waals surface area contributed by atoms with Crippen LogP contribution in [0.1, 0.15) is 6.42 Å². The van der Waals surface area contributed by atoms with Crippen molar-refractivity contribution in [3.63, 3.8) is 0 Å². The van der Waals surface area contributed by atoms with E-state index in [1.807, 2.05) is 4.90 Å². The van der Waals surface area contributed by atoms with E-state index in [1.165, 1.54) is 0 Å². The van der Waals surface area contributed by atoms with Crippen LogP contribution in [0.5, 0.6) is 0 Å². The van der Waals surface area contributed by atoms with Gasteiger partial charge in [-0.15, -0.1) is 0 Å². The third-order valence-corrected chi connectivity index (χ3v) is 1.81. The zero-order valence-corrected chi connectivity index (χ0v) is 5.32. The molecule has 8 heavy (non-hydrogen) atoms. The number of rotatable bonds is 2. The van der Waals surface area contributed by atoms with Gasteiger partial charge in [0.1, 0.15) is 0 Å². The molecule has 0 aromatic heterocycles. The molecule has 3 nitrogen and oxygen atoms in total. The molecule has 1 rings (SSSR count). The van der Waals surface area contributed by atoms with Crippen molar-refractivity contribution in [3.05, 3.63) is 0 Å². The van der Waals surface area contributed by atoms with Crippen LogP contribution in [0.3, 0.4) is 0 Å². The molecule has 1 unspecified atom stereocenters. The van der Waals surface area contributed by atoms with Crippen molar-refractivity contribution in [2.75, 3.05) is 19.0 Å². The third kappa shape index (κ3) is 1.54. The second-order valence-corrected chi connectivity index (χ2v) is 2.77. The summed E-state index contributed by atoms with van der Waals surface area (Å²) >= 11 is -1.87. The first-order valence-corrected chi connectivity index (χ1v) is 3.81. The molecule has 0 amide bonds. The van der Waals surface area contributed by atoms with E-state index in [9.17, 15) is 8.76 Å². The number of hydrogen-bond acceptors (Lipinski definition) is 3. The van der Waals surface area contributed by atoms with Crippen molar-refractivity contribution in [3.8, 4) is 0 Å². The number of hydrogen-bond donors (Lipinski definition) is 0. The van der Waals surface area contributed by atoms with E-state index in [-0.39, 0.29) is 5.88 Å². The van der Waals surface area contributed by atoms with Gasteiger partial charge >= 0.3 is 0 Å². The van der Waals surface area contributed by atoms with Crippen LogP contribution in [0.15, 0.2) is 0 Å². The van der Waals surface area contributed by atoms with E-state index >= 15 is 0 Å². The van der Waals surface area contributed by atoms with Crippen molar-refractivity contribution in [2.45, 2.75) is 6.42 Å². The smallest absolute Gasteiger partial charge is 0.0613 e. The molecule has 1 aliphatic rings. The van der Waals surface area contributed by atoms with E-state index in [2.05, 4.69) is 0 Å². The molecule has 0 spiro atoms. The topological polar surface area (TPSA) is 43.4 Å². The summed E-state index contributed by atoms with van der Waals surface area (Å²) in [5.74, 6) is 0.222. The molecule has 0 radical (unpaired) electrons. The molecule has 0 aliphatic carbocycles. The molecule has 1 saturated heterocycles. The SMILES string of the molecule is O=S([O-])CN1CCC1. The van der Waals surface area contributed by atoms with Crippen molar-refractivity contribution >= 4 is 11.1 Å². The van der Waals surface area contributed by atoms with Crippen molar-refractivity contribution < 1.29 is 8.76 Å². The molecule has 48 valence electrons. The molecule has 0 aromatic carbocycles. The Hall–Kier alpha value is 0.0700. The quantitative estimate of drug-likeness (QED) is 0.479. The Balaban J connectivity index is 2.09.